The van der Waals surface area contributed by atoms with Crippen molar-refractivity contribution < 1.29 is 27.8 Å². The van der Waals surface area contributed by atoms with Crippen LogP contribution >= 0.6 is 11.6 Å². The summed E-state index contributed by atoms with van der Waals surface area (Å²) in [4.78, 5) is 11.9. The molecule has 0 unspecified atom stereocenters. The molecule has 128 valence electrons. The highest BCUT2D eigenvalue weighted by molar-refractivity contribution is 6.33. The van der Waals surface area contributed by atoms with Crippen molar-refractivity contribution in [2.75, 3.05) is 17.7 Å². The van der Waals surface area contributed by atoms with E-state index in [9.17, 15) is 23.1 Å². The summed E-state index contributed by atoms with van der Waals surface area (Å²) in [6, 6.07) is 5.83. The average molecular weight is 361 g/mol. The molecular formula is C15H12ClF3N2O3. The molecule has 9 heteroatoms. The number of carbonyl (C=O) groups excluding carboxylic acids is 1. The summed E-state index contributed by atoms with van der Waals surface area (Å²) in [7, 11) is 1.41. The minimum Gasteiger partial charge on any atom is -0.506 e. The predicted octanol–water partition coefficient (Wildman–Crippen LogP) is 4.72. The number of alkyl halides is 3. The highest BCUT2D eigenvalue weighted by Crippen LogP contribution is 2.34. The predicted molar refractivity (Wildman–Crippen MR) is 83.8 cm³/mol. The van der Waals surface area contributed by atoms with E-state index in [0.29, 0.717) is 5.75 Å². The molecule has 0 aliphatic carbocycles. The number of phenols is 1. The molecule has 0 aliphatic rings. The molecule has 0 saturated heterocycles. The average Bonchev–Trinajstić information content (AvgIpc) is 2.50. The Morgan fingerprint density at radius 3 is 2.38 bits per heavy atom. The monoisotopic (exact) mass is 360 g/mol. The quantitative estimate of drug-likeness (QED) is 0.694. The van der Waals surface area contributed by atoms with Crippen LogP contribution in [0.2, 0.25) is 5.02 Å². The first-order valence-corrected chi connectivity index (χ1v) is 6.90. The first kappa shape index (κ1) is 17.7. The normalized spacial score (nSPS) is 11.0. The van der Waals surface area contributed by atoms with Crippen LogP contribution in [-0.2, 0) is 6.18 Å². The van der Waals surface area contributed by atoms with E-state index in [1.807, 2.05) is 0 Å². The number of hydrogen-bond acceptors (Lipinski definition) is 3. The van der Waals surface area contributed by atoms with Crippen molar-refractivity contribution in [1.29, 1.82) is 0 Å². The second-order valence-electron chi connectivity index (χ2n) is 4.65. The summed E-state index contributed by atoms with van der Waals surface area (Å²) in [5.41, 5.74) is -1.11. The maximum absolute atomic E-state index is 12.7. The van der Waals surface area contributed by atoms with Gasteiger partial charge in [0.25, 0.3) is 0 Å². The van der Waals surface area contributed by atoms with Crippen molar-refractivity contribution in [3.05, 3.63) is 47.0 Å². The Morgan fingerprint density at radius 2 is 1.79 bits per heavy atom. The van der Waals surface area contributed by atoms with Gasteiger partial charge in [0.05, 0.1) is 29.1 Å². The van der Waals surface area contributed by atoms with Crippen LogP contribution in [-0.4, -0.2) is 18.2 Å². The molecule has 0 heterocycles. The smallest absolute Gasteiger partial charge is 0.416 e. The van der Waals surface area contributed by atoms with Gasteiger partial charge in [-0.3, -0.25) is 0 Å². The Kier molecular flexibility index (Phi) is 5.08. The minimum absolute atomic E-state index is 0.0522. The van der Waals surface area contributed by atoms with Crippen molar-refractivity contribution in [2.24, 2.45) is 0 Å². The van der Waals surface area contributed by atoms with E-state index in [2.05, 4.69) is 10.6 Å². The van der Waals surface area contributed by atoms with E-state index in [0.717, 1.165) is 18.2 Å². The fourth-order valence-electron chi connectivity index (χ4n) is 1.82. The zero-order chi connectivity index (χ0) is 17.9. The third-order valence-corrected chi connectivity index (χ3v) is 3.32. The molecule has 5 nitrogen and oxygen atoms in total. The van der Waals surface area contributed by atoms with Gasteiger partial charge in [0.15, 0.2) is 0 Å². The van der Waals surface area contributed by atoms with Gasteiger partial charge >= 0.3 is 12.2 Å². The van der Waals surface area contributed by atoms with E-state index < -0.39 is 17.8 Å². The largest absolute Gasteiger partial charge is 0.506 e. The summed E-state index contributed by atoms with van der Waals surface area (Å²) in [6.45, 7) is 0. The van der Waals surface area contributed by atoms with Crippen molar-refractivity contribution in [1.82, 2.24) is 0 Å². The summed E-state index contributed by atoms with van der Waals surface area (Å²) >= 11 is 5.79. The SMILES string of the molecule is COc1ccc(NC(=O)Nc2cc(C(F)(F)F)ccc2Cl)c(O)c1. The molecule has 2 aromatic carbocycles. The summed E-state index contributed by atoms with van der Waals surface area (Å²) in [5.74, 6) is 0.110. The lowest BCUT2D eigenvalue weighted by Crippen LogP contribution is -2.20. The number of anilines is 2. The van der Waals surface area contributed by atoms with Gasteiger partial charge in [0, 0.05) is 6.07 Å². The van der Waals surface area contributed by atoms with Gasteiger partial charge in [-0.25, -0.2) is 4.79 Å². The third-order valence-electron chi connectivity index (χ3n) is 2.99. The van der Waals surface area contributed by atoms with Crippen LogP contribution in [0.25, 0.3) is 0 Å². The molecule has 24 heavy (non-hydrogen) atoms. The van der Waals surface area contributed by atoms with Crippen LogP contribution in [0.3, 0.4) is 0 Å². The molecule has 0 aromatic heterocycles. The number of halogens is 4. The van der Waals surface area contributed by atoms with E-state index in [1.54, 1.807) is 0 Å². The van der Waals surface area contributed by atoms with Gasteiger partial charge in [-0.2, -0.15) is 13.2 Å². The second kappa shape index (κ2) is 6.88. The molecular weight excluding hydrogens is 349 g/mol. The topological polar surface area (TPSA) is 70.6 Å². The molecule has 3 N–H and O–H groups in total. The molecule has 0 radical (unpaired) electrons. The first-order chi connectivity index (χ1) is 11.2. The molecule has 0 saturated carbocycles. The van der Waals surface area contributed by atoms with Gasteiger partial charge in [-0.1, -0.05) is 11.6 Å². The van der Waals surface area contributed by atoms with Crippen LogP contribution in [0.1, 0.15) is 5.56 Å². The zero-order valence-corrected chi connectivity index (χ0v) is 13.0. The fraction of sp³-hybridized carbons (Fsp3) is 0.133. The summed E-state index contributed by atoms with van der Waals surface area (Å²) in [5, 5.41) is 14.2. The number of methoxy groups -OCH3 is 1. The number of hydrogen-bond donors (Lipinski definition) is 3. The van der Waals surface area contributed by atoms with Gasteiger partial charge in [0.2, 0.25) is 0 Å². The maximum atomic E-state index is 12.7. The Morgan fingerprint density at radius 1 is 1.12 bits per heavy atom. The van der Waals surface area contributed by atoms with Crippen LogP contribution in [0.15, 0.2) is 36.4 Å². The number of nitrogens with one attached hydrogen (secondary N) is 2. The number of urea groups is 1. The molecule has 0 aliphatic heterocycles. The van der Waals surface area contributed by atoms with Gasteiger partial charge in [-0.05, 0) is 30.3 Å². The lowest BCUT2D eigenvalue weighted by atomic mass is 10.2. The first-order valence-electron chi connectivity index (χ1n) is 6.52. The van der Waals surface area contributed by atoms with Crippen LogP contribution in [0, 0.1) is 0 Å². The number of amides is 2. The minimum atomic E-state index is -4.56. The second-order valence-corrected chi connectivity index (χ2v) is 5.06. The van der Waals surface area contributed by atoms with E-state index in [4.69, 9.17) is 16.3 Å². The van der Waals surface area contributed by atoms with Crippen molar-refractivity contribution in [2.45, 2.75) is 6.18 Å². The number of ether oxygens (including phenoxy) is 1. The van der Waals surface area contributed by atoms with Crippen molar-refractivity contribution in [3.63, 3.8) is 0 Å². The van der Waals surface area contributed by atoms with Crippen molar-refractivity contribution in [3.8, 4) is 11.5 Å². The van der Waals surface area contributed by atoms with Crippen LogP contribution in [0.5, 0.6) is 11.5 Å². The molecule has 2 rings (SSSR count). The van der Waals surface area contributed by atoms with Gasteiger partial charge < -0.3 is 20.5 Å². The molecule has 2 aromatic rings. The van der Waals surface area contributed by atoms with Crippen LogP contribution < -0.4 is 15.4 Å². The number of aromatic hydroxyl groups is 1. The Hall–Kier alpha value is -2.61. The van der Waals surface area contributed by atoms with Gasteiger partial charge in [0.1, 0.15) is 11.5 Å². The van der Waals surface area contributed by atoms with E-state index >= 15 is 0 Å². The number of phenolic OH excluding ortho intramolecular Hbond substituents is 1. The Balaban J connectivity index is 2.15. The van der Waals surface area contributed by atoms with E-state index in [1.165, 1.54) is 25.3 Å². The molecule has 2 amide bonds. The highest BCUT2D eigenvalue weighted by atomic mass is 35.5. The molecule has 0 fully saturated rings. The number of benzene rings is 2. The van der Waals surface area contributed by atoms with Crippen LogP contribution in [0.4, 0.5) is 29.3 Å². The maximum Gasteiger partial charge on any atom is 0.416 e. The fourth-order valence-corrected chi connectivity index (χ4v) is 1.98. The molecule has 0 bridgehead atoms. The van der Waals surface area contributed by atoms with Crippen molar-refractivity contribution >= 4 is 29.0 Å². The number of rotatable bonds is 3. The lowest BCUT2D eigenvalue weighted by molar-refractivity contribution is -0.137. The highest BCUT2D eigenvalue weighted by Gasteiger charge is 2.31. The lowest BCUT2D eigenvalue weighted by Gasteiger charge is -2.13. The Labute approximate surface area is 140 Å². The summed E-state index contributed by atoms with van der Waals surface area (Å²) < 4.78 is 43.0. The Bertz CT molecular complexity index is 766. The molecule has 0 spiro atoms. The van der Waals surface area contributed by atoms with Gasteiger partial charge in [-0.15, -0.1) is 0 Å². The van der Waals surface area contributed by atoms with E-state index in [-0.39, 0.29) is 22.1 Å². The third kappa shape index (κ3) is 4.23. The zero-order valence-electron chi connectivity index (χ0n) is 12.2. The standard InChI is InChI=1S/C15H12ClF3N2O3/c1-24-9-3-5-11(13(22)7-9)20-14(23)21-12-6-8(15(17,18)19)2-4-10(12)16/h2-7,22H,1H3,(H2,20,21,23). The number of carbonyl (C=O) groups is 1. The molecule has 0 atom stereocenters. The summed E-state index contributed by atoms with van der Waals surface area (Å²) in [6.07, 6.45) is -4.56.